The number of rotatable bonds is 2. The van der Waals surface area contributed by atoms with Crippen LogP contribution in [0.25, 0.3) is 0 Å². The second-order valence-electron chi connectivity index (χ2n) is 4.42. The minimum Gasteiger partial charge on any atom is -0.398 e. The average Bonchev–Trinajstić information content (AvgIpc) is 2.48. The molecule has 1 aromatic rings. The molecule has 0 unspecified atom stereocenters. The highest BCUT2D eigenvalue weighted by Gasteiger charge is 2.24. The Morgan fingerprint density at radius 1 is 1.17 bits per heavy atom. The zero-order valence-corrected chi connectivity index (χ0v) is 9.99. The van der Waals surface area contributed by atoms with Crippen molar-refractivity contribution in [3.05, 3.63) is 29.6 Å². The Morgan fingerprint density at radius 3 is 2.39 bits per heavy atom. The number of amides is 2. The molecule has 2 amide bonds. The number of hydrogen-bond acceptors (Lipinski definition) is 3. The fourth-order valence-electron chi connectivity index (χ4n) is 2.02. The predicted molar refractivity (Wildman–Crippen MR) is 64.8 cm³/mol. The van der Waals surface area contributed by atoms with E-state index < -0.39 is 5.82 Å². The molecule has 0 saturated carbocycles. The van der Waals surface area contributed by atoms with Crippen LogP contribution in [0.2, 0.25) is 0 Å². The normalized spacial score (nSPS) is 16.8. The summed E-state index contributed by atoms with van der Waals surface area (Å²) in [5, 5.41) is 0. The number of nitrogens with two attached hydrogens (primary N) is 1. The molecule has 2 N–H and O–H groups in total. The highest BCUT2D eigenvalue weighted by Crippen LogP contribution is 2.20. The maximum atomic E-state index is 13.1. The van der Waals surface area contributed by atoms with Crippen molar-refractivity contribution in [2.24, 2.45) is 0 Å². The van der Waals surface area contributed by atoms with E-state index in [-0.39, 0.29) is 18.4 Å². The van der Waals surface area contributed by atoms with Crippen LogP contribution in [0.5, 0.6) is 0 Å². The number of nitrogens with zero attached hydrogens (tertiary/aromatic N) is 1. The summed E-state index contributed by atoms with van der Waals surface area (Å²) in [6.45, 7) is 0.0568. The third kappa shape index (κ3) is 2.67. The summed E-state index contributed by atoms with van der Waals surface area (Å²) < 4.78 is 13.1. The molecule has 96 valence electrons. The molecule has 1 fully saturated rings. The number of imide groups is 1. The molecule has 0 bridgehead atoms. The first-order chi connectivity index (χ1) is 8.58. The van der Waals surface area contributed by atoms with E-state index >= 15 is 0 Å². The number of nitrogen functional groups attached to an aromatic ring is 1. The number of anilines is 1. The van der Waals surface area contributed by atoms with Crippen LogP contribution < -0.4 is 5.73 Å². The van der Waals surface area contributed by atoms with E-state index in [1.165, 1.54) is 23.1 Å². The molecule has 1 saturated heterocycles. The zero-order chi connectivity index (χ0) is 13.1. The van der Waals surface area contributed by atoms with Crippen LogP contribution in [0.4, 0.5) is 10.1 Å². The van der Waals surface area contributed by atoms with Crippen molar-refractivity contribution in [1.82, 2.24) is 4.90 Å². The molecule has 1 aliphatic heterocycles. The van der Waals surface area contributed by atoms with Gasteiger partial charge in [0.1, 0.15) is 5.82 Å². The Bertz CT molecular complexity index is 470. The van der Waals surface area contributed by atoms with Gasteiger partial charge in [0.25, 0.3) is 0 Å². The Hall–Kier alpha value is -1.91. The van der Waals surface area contributed by atoms with Gasteiger partial charge in [-0.2, -0.15) is 0 Å². The predicted octanol–water partition coefficient (Wildman–Crippen LogP) is 1.84. The molecule has 0 aromatic heterocycles. The lowest BCUT2D eigenvalue weighted by Gasteiger charge is -2.19. The second-order valence-corrected chi connectivity index (χ2v) is 4.42. The lowest BCUT2D eigenvalue weighted by Crippen LogP contribution is -2.34. The van der Waals surface area contributed by atoms with Gasteiger partial charge in [-0.3, -0.25) is 14.5 Å². The summed E-state index contributed by atoms with van der Waals surface area (Å²) in [5.41, 5.74) is 6.58. The number of likely N-dealkylation sites (tertiary alicyclic amines) is 1. The maximum absolute atomic E-state index is 13.1. The number of halogens is 1. The second kappa shape index (κ2) is 5.16. The van der Waals surface area contributed by atoms with Crippen molar-refractivity contribution < 1.29 is 14.0 Å². The quantitative estimate of drug-likeness (QED) is 0.643. The van der Waals surface area contributed by atoms with Crippen LogP contribution in [-0.2, 0) is 16.1 Å². The van der Waals surface area contributed by atoms with E-state index in [0.717, 1.165) is 12.8 Å². The lowest BCUT2D eigenvalue weighted by atomic mass is 10.1. The van der Waals surface area contributed by atoms with Crippen molar-refractivity contribution in [3.8, 4) is 0 Å². The van der Waals surface area contributed by atoms with Crippen LogP contribution in [0.1, 0.15) is 31.2 Å². The van der Waals surface area contributed by atoms with Gasteiger partial charge in [-0.25, -0.2) is 4.39 Å². The lowest BCUT2D eigenvalue weighted by molar-refractivity contribution is -0.144. The first-order valence-electron chi connectivity index (χ1n) is 5.95. The summed E-state index contributed by atoms with van der Waals surface area (Å²) in [7, 11) is 0. The van der Waals surface area contributed by atoms with Crippen LogP contribution in [-0.4, -0.2) is 16.7 Å². The van der Waals surface area contributed by atoms with E-state index in [0.29, 0.717) is 24.1 Å². The van der Waals surface area contributed by atoms with Crippen LogP contribution in [0, 0.1) is 5.82 Å². The van der Waals surface area contributed by atoms with E-state index in [1.54, 1.807) is 0 Å². The summed E-state index contributed by atoms with van der Waals surface area (Å²) >= 11 is 0. The highest BCUT2D eigenvalue weighted by molar-refractivity contribution is 5.96. The van der Waals surface area contributed by atoms with Crippen LogP contribution in [0.3, 0.4) is 0 Å². The molecule has 4 nitrogen and oxygen atoms in total. The van der Waals surface area contributed by atoms with Gasteiger partial charge >= 0.3 is 0 Å². The zero-order valence-electron chi connectivity index (χ0n) is 9.99. The standard InChI is InChI=1S/C13H15FN2O2/c14-10-5-6-11(15)9(7-10)8-16-12(17)3-1-2-4-13(16)18/h5-7H,1-4,8,15H2. The Kier molecular flexibility index (Phi) is 3.60. The van der Waals surface area contributed by atoms with E-state index in [1.807, 2.05) is 0 Å². The van der Waals surface area contributed by atoms with Gasteiger partial charge < -0.3 is 5.73 Å². The van der Waals surface area contributed by atoms with E-state index in [4.69, 9.17) is 5.73 Å². The maximum Gasteiger partial charge on any atom is 0.229 e. The van der Waals surface area contributed by atoms with Crippen molar-refractivity contribution in [2.75, 3.05) is 5.73 Å². The molecular formula is C13H15FN2O2. The molecule has 0 aliphatic carbocycles. The van der Waals surface area contributed by atoms with Crippen molar-refractivity contribution >= 4 is 17.5 Å². The average molecular weight is 250 g/mol. The van der Waals surface area contributed by atoms with Gasteiger partial charge in [0.05, 0.1) is 6.54 Å². The number of hydrogen-bond donors (Lipinski definition) is 1. The molecule has 0 radical (unpaired) electrons. The van der Waals surface area contributed by atoms with Crippen LogP contribution >= 0.6 is 0 Å². The molecule has 0 spiro atoms. The largest absolute Gasteiger partial charge is 0.398 e. The first-order valence-corrected chi connectivity index (χ1v) is 5.95. The molecule has 2 rings (SSSR count). The van der Waals surface area contributed by atoms with E-state index in [2.05, 4.69) is 0 Å². The molecule has 1 aromatic carbocycles. The Labute approximate surface area is 105 Å². The number of carbonyl (C=O) groups is 2. The Morgan fingerprint density at radius 2 is 1.78 bits per heavy atom. The van der Waals surface area contributed by atoms with Crippen molar-refractivity contribution in [2.45, 2.75) is 32.2 Å². The topological polar surface area (TPSA) is 63.4 Å². The minimum absolute atomic E-state index is 0.0568. The fraction of sp³-hybridized carbons (Fsp3) is 0.385. The molecule has 0 atom stereocenters. The summed E-state index contributed by atoms with van der Waals surface area (Å²) in [6.07, 6.45) is 2.17. The van der Waals surface area contributed by atoms with Gasteiger partial charge in [0.15, 0.2) is 0 Å². The number of benzene rings is 1. The third-order valence-corrected chi connectivity index (χ3v) is 3.07. The minimum atomic E-state index is -0.422. The van der Waals surface area contributed by atoms with Gasteiger partial charge in [0.2, 0.25) is 11.8 Å². The summed E-state index contributed by atoms with van der Waals surface area (Å²) in [6, 6.07) is 3.96. The van der Waals surface area contributed by atoms with Gasteiger partial charge in [0, 0.05) is 18.5 Å². The van der Waals surface area contributed by atoms with E-state index in [9.17, 15) is 14.0 Å². The molecule has 1 heterocycles. The van der Waals surface area contributed by atoms with Crippen LogP contribution in [0.15, 0.2) is 18.2 Å². The van der Waals surface area contributed by atoms with Gasteiger partial charge in [-0.05, 0) is 36.6 Å². The number of carbonyl (C=O) groups excluding carboxylic acids is 2. The van der Waals surface area contributed by atoms with Crippen molar-refractivity contribution in [1.29, 1.82) is 0 Å². The molecule has 18 heavy (non-hydrogen) atoms. The van der Waals surface area contributed by atoms with Crippen molar-refractivity contribution in [3.63, 3.8) is 0 Å². The third-order valence-electron chi connectivity index (χ3n) is 3.07. The fourth-order valence-corrected chi connectivity index (χ4v) is 2.02. The van der Waals surface area contributed by atoms with Gasteiger partial charge in [-0.1, -0.05) is 0 Å². The Balaban J connectivity index is 2.22. The summed E-state index contributed by atoms with van der Waals surface area (Å²) in [5.74, 6) is -0.837. The molecular weight excluding hydrogens is 235 g/mol. The smallest absolute Gasteiger partial charge is 0.229 e. The monoisotopic (exact) mass is 250 g/mol. The molecule has 1 aliphatic rings. The first kappa shape index (κ1) is 12.5. The summed E-state index contributed by atoms with van der Waals surface area (Å²) in [4.78, 5) is 24.8. The highest BCUT2D eigenvalue weighted by atomic mass is 19.1. The molecule has 5 heteroatoms. The van der Waals surface area contributed by atoms with Gasteiger partial charge in [-0.15, -0.1) is 0 Å². The SMILES string of the molecule is Nc1ccc(F)cc1CN1C(=O)CCCCC1=O.